The van der Waals surface area contributed by atoms with Crippen LogP contribution in [0.5, 0.6) is 5.75 Å². The Morgan fingerprint density at radius 3 is 2.81 bits per heavy atom. The Morgan fingerprint density at radius 1 is 1.50 bits per heavy atom. The minimum Gasteiger partial charge on any atom is -0.493 e. The molecule has 0 saturated carbocycles. The zero-order valence-corrected chi connectivity index (χ0v) is 9.23. The van der Waals surface area contributed by atoms with Gasteiger partial charge in [0.1, 0.15) is 5.75 Å². The monoisotopic (exact) mass is 218 g/mol. The lowest BCUT2D eigenvalue weighted by Gasteiger charge is -2.07. The number of benzene rings is 1. The molecular formula is C13H14O3. The summed E-state index contributed by atoms with van der Waals surface area (Å²) in [5.74, 6) is 0.433. The number of carbonyl (C=O) groups excluding carboxylic acids is 2. The van der Waals surface area contributed by atoms with Crippen LogP contribution in [-0.4, -0.2) is 18.7 Å². The molecule has 1 rings (SSSR count). The summed E-state index contributed by atoms with van der Waals surface area (Å²) < 4.78 is 5.39. The van der Waals surface area contributed by atoms with E-state index in [2.05, 4.69) is 6.58 Å². The number of ketones is 1. The van der Waals surface area contributed by atoms with Crippen LogP contribution in [0.15, 0.2) is 30.9 Å². The molecule has 1 aromatic rings. The molecule has 0 N–H and O–H groups in total. The highest BCUT2D eigenvalue weighted by atomic mass is 16.5. The van der Waals surface area contributed by atoms with Crippen molar-refractivity contribution in [3.05, 3.63) is 42.0 Å². The van der Waals surface area contributed by atoms with E-state index in [0.717, 1.165) is 0 Å². The summed E-state index contributed by atoms with van der Waals surface area (Å²) in [4.78, 5) is 21.9. The Kier molecular flexibility index (Phi) is 4.45. The number of hydrogen-bond acceptors (Lipinski definition) is 3. The van der Waals surface area contributed by atoms with E-state index >= 15 is 0 Å². The molecule has 0 amide bonds. The predicted octanol–water partition coefficient (Wildman–Crippen LogP) is 2.66. The minimum absolute atomic E-state index is 0.0688. The first-order valence-corrected chi connectivity index (χ1v) is 5.03. The maximum absolute atomic E-state index is 11.1. The normalized spacial score (nSPS) is 9.56. The Bertz CT molecular complexity index is 408. The first-order chi connectivity index (χ1) is 7.69. The summed E-state index contributed by atoms with van der Waals surface area (Å²) in [7, 11) is 0. The SMILES string of the molecule is C=CCCOc1ccc(C(C)=O)cc1C=O. The maximum Gasteiger partial charge on any atom is 0.159 e. The van der Waals surface area contributed by atoms with Crippen molar-refractivity contribution < 1.29 is 14.3 Å². The average molecular weight is 218 g/mol. The van der Waals surface area contributed by atoms with E-state index in [9.17, 15) is 9.59 Å². The van der Waals surface area contributed by atoms with E-state index in [-0.39, 0.29) is 5.78 Å². The third-order valence-electron chi connectivity index (χ3n) is 2.12. The Balaban J connectivity index is 2.88. The van der Waals surface area contributed by atoms with Crippen LogP contribution >= 0.6 is 0 Å². The molecule has 0 saturated heterocycles. The Morgan fingerprint density at radius 2 is 2.25 bits per heavy atom. The lowest BCUT2D eigenvalue weighted by Crippen LogP contribution is -2.01. The number of carbonyl (C=O) groups is 2. The topological polar surface area (TPSA) is 43.4 Å². The largest absolute Gasteiger partial charge is 0.493 e. The quantitative estimate of drug-likeness (QED) is 0.319. The molecule has 0 aliphatic carbocycles. The van der Waals surface area contributed by atoms with Gasteiger partial charge in [-0.15, -0.1) is 6.58 Å². The molecular weight excluding hydrogens is 204 g/mol. The van der Waals surface area contributed by atoms with Gasteiger partial charge in [-0.2, -0.15) is 0 Å². The van der Waals surface area contributed by atoms with Gasteiger partial charge in [-0.3, -0.25) is 9.59 Å². The molecule has 84 valence electrons. The molecule has 0 radical (unpaired) electrons. The van der Waals surface area contributed by atoms with Crippen LogP contribution in [0.3, 0.4) is 0 Å². The van der Waals surface area contributed by atoms with Crippen LogP contribution in [0.4, 0.5) is 0 Å². The molecule has 1 aromatic carbocycles. The number of Topliss-reactive ketones (excluding diaryl/α,β-unsaturated/α-hetero) is 1. The van der Waals surface area contributed by atoms with Gasteiger partial charge in [-0.25, -0.2) is 0 Å². The molecule has 0 aliphatic heterocycles. The molecule has 0 spiro atoms. The van der Waals surface area contributed by atoms with Gasteiger partial charge in [0.05, 0.1) is 12.2 Å². The zero-order valence-electron chi connectivity index (χ0n) is 9.23. The van der Waals surface area contributed by atoms with Gasteiger partial charge < -0.3 is 4.74 Å². The van der Waals surface area contributed by atoms with Crippen molar-refractivity contribution >= 4 is 12.1 Å². The second kappa shape index (κ2) is 5.85. The molecule has 3 heteroatoms. The molecule has 0 fully saturated rings. The van der Waals surface area contributed by atoms with Crippen LogP contribution in [0.2, 0.25) is 0 Å². The minimum atomic E-state index is -0.0688. The van der Waals surface area contributed by atoms with Gasteiger partial charge in [0.15, 0.2) is 12.1 Å². The highest BCUT2D eigenvalue weighted by Crippen LogP contribution is 2.19. The maximum atomic E-state index is 11.1. The number of ether oxygens (including phenoxy) is 1. The summed E-state index contributed by atoms with van der Waals surface area (Å²) >= 11 is 0. The van der Waals surface area contributed by atoms with Crippen molar-refractivity contribution in [2.75, 3.05) is 6.61 Å². The second-order valence-electron chi connectivity index (χ2n) is 3.35. The lowest BCUT2D eigenvalue weighted by atomic mass is 10.1. The summed E-state index contributed by atoms with van der Waals surface area (Å²) in [6.07, 6.45) is 3.15. The third-order valence-corrected chi connectivity index (χ3v) is 2.12. The average Bonchev–Trinajstić information content (AvgIpc) is 2.29. The van der Waals surface area contributed by atoms with E-state index in [0.29, 0.717) is 36.2 Å². The lowest BCUT2D eigenvalue weighted by molar-refractivity contribution is 0.101. The highest BCUT2D eigenvalue weighted by molar-refractivity contribution is 5.96. The van der Waals surface area contributed by atoms with Crippen molar-refractivity contribution in [1.29, 1.82) is 0 Å². The van der Waals surface area contributed by atoms with Gasteiger partial charge in [-0.1, -0.05) is 6.08 Å². The molecule has 0 aliphatic rings. The number of hydrogen-bond donors (Lipinski definition) is 0. The Hall–Kier alpha value is -1.90. The smallest absolute Gasteiger partial charge is 0.159 e. The van der Waals surface area contributed by atoms with E-state index in [1.54, 1.807) is 24.3 Å². The van der Waals surface area contributed by atoms with Gasteiger partial charge in [-0.05, 0) is 31.5 Å². The van der Waals surface area contributed by atoms with Gasteiger partial charge in [0, 0.05) is 5.56 Å². The van der Waals surface area contributed by atoms with Gasteiger partial charge >= 0.3 is 0 Å². The van der Waals surface area contributed by atoms with Crippen LogP contribution in [-0.2, 0) is 0 Å². The van der Waals surface area contributed by atoms with Crippen molar-refractivity contribution in [3.8, 4) is 5.75 Å². The van der Waals surface area contributed by atoms with Crippen LogP contribution in [0.1, 0.15) is 34.1 Å². The molecule has 3 nitrogen and oxygen atoms in total. The summed E-state index contributed by atoms with van der Waals surface area (Å²) in [6.45, 7) is 5.51. The van der Waals surface area contributed by atoms with Crippen molar-refractivity contribution in [1.82, 2.24) is 0 Å². The van der Waals surface area contributed by atoms with Crippen LogP contribution in [0, 0.1) is 0 Å². The second-order valence-corrected chi connectivity index (χ2v) is 3.35. The number of rotatable bonds is 6. The molecule has 0 bridgehead atoms. The summed E-state index contributed by atoms with van der Waals surface area (Å²) in [6, 6.07) is 4.83. The first-order valence-electron chi connectivity index (χ1n) is 5.03. The Labute approximate surface area is 94.7 Å². The third kappa shape index (κ3) is 3.05. The molecule has 16 heavy (non-hydrogen) atoms. The summed E-state index contributed by atoms with van der Waals surface area (Å²) in [5.41, 5.74) is 0.912. The highest BCUT2D eigenvalue weighted by Gasteiger charge is 2.06. The molecule has 0 heterocycles. The standard InChI is InChI=1S/C13H14O3/c1-3-4-7-16-13-6-5-11(10(2)15)8-12(13)9-14/h3,5-6,8-9H,1,4,7H2,2H3. The molecule has 0 unspecified atom stereocenters. The fourth-order valence-corrected chi connectivity index (χ4v) is 1.24. The van der Waals surface area contributed by atoms with E-state index in [4.69, 9.17) is 4.74 Å². The summed E-state index contributed by atoms with van der Waals surface area (Å²) in [5, 5.41) is 0. The van der Waals surface area contributed by atoms with Crippen LogP contribution < -0.4 is 4.74 Å². The predicted molar refractivity (Wildman–Crippen MR) is 62.1 cm³/mol. The van der Waals surface area contributed by atoms with Crippen molar-refractivity contribution in [3.63, 3.8) is 0 Å². The van der Waals surface area contributed by atoms with Crippen LogP contribution in [0.25, 0.3) is 0 Å². The van der Waals surface area contributed by atoms with Crippen molar-refractivity contribution in [2.24, 2.45) is 0 Å². The van der Waals surface area contributed by atoms with E-state index in [1.807, 2.05) is 0 Å². The fraction of sp³-hybridized carbons (Fsp3) is 0.231. The fourth-order valence-electron chi connectivity index (χ4n) is 1.24. The van der Waals surface area contributed by atoms with E-state index in [1.165, 1.54) is 6.92 Å². The van der Waals surface area contributed by atoms with Gasteiger partial charge in [0.2, 0.25) is 0 Å². The van der Waals surface area contributed by atoms with Crippen molar-refractivity contribution in [2.45, 2.75) is 13.3 Å². The molecule has 0 aromatic heterocycles. The molecule has 0 atom stereocenters. The van der Waals surface area contributed by atoms with E-state index < -0.39 is 0 Å². The first kappa shape index (κ1) is 12.2. The number of aldehydes is 1. The van der Waals surface area contributed by atoms with Gasteiger partial charge in [0.25, 0.3) is 0 Å². The zero-order chi connectivity index (χ0) is 12.0.